The van der Waals surface area contributed by atoms with Gasteiger partial charge in [-0.25, -0.2) is 4.79 Å². The number of amides is 2. The van der Waals surface area contributed by atoms with Crippen molar-refractivity contribution in [2.75, 3.05) is 33.4 Å². The molecule has 0 aliphatic heterocycles. The van der Waals surface area contributed by atoms with Crippen molar-refractivity contribution >= 4 is 24.1 Å². The molecule has 0 radical (unpaired) electrons. The molecular weight excluding hydrogens is 524 g/mol. The van der Waals surface area contributed by atoms with Crippen molar-refractivity contribution in [3.63, 3.8) is 0 Å². The van der Waals surface area contributed by atoms with Crippen molar-refractivity contribution in [2.24, 2.45) is 0 Å². The summed E-state index contributed by atoms with van der Waals surface area (Å²) in [5.74, 6) is -0.342. The van der Waals surface area contributed by atoms with Gasteiger partial charge in [0.2, 0.25) is 0 Å². The van der Waals surface area contributed by atoms with E-state index in [1.54, 1.807) is 13.1 Å². The molecule has 1 aromatic rings. The number of carbonyl (C=O) groups is 4. The van der Waals surface area contributed by atoms with Crippen LogP contribution in [0.2, 0.25) is 0 Å². The Morgan fingerprint density at radius 2 is 1.74 bits per heavy atom. The predicted octanol–water partition coefficient (Wildman–Crippen LogP) is 0.464. The van der Waals surface area contributed by atoms with Crippen LogP contribution in [0.5, 0.6) is 0 Å². The summed E-state index contributed by atoms with van der Waals surface area (Å²) in [6, 6.07) is 7.41. The van der Waals surface area contributed by atoms with Crippen molar-refractivity contribution < 1.29 is 88.3 Å². The van der Waals surface area contributed by atoms with Crippen molar-refractivity contribution in [3.8, 4) is 0 Å². The topological polar surface area (TPSA) is 125 Å². The number of rotatable bonds is 18. The molecule has 2 N–H and O–H groups in total. The number of hydrogen-bond acceptors (Lipinski definition) is 7. The monoisotopic (exact) mass is 561 g/mol. The van der Waals surface area contributed by atoms with Gasteiger partial charge in [-0.2, -0.15) is 0 Å². The molecule has 0 aromatic heterocycles. The van der Waals surface area contributed by atoms with E-state index in [2.05, 4.69) is 16.0 Å². The van der Waals surface area contributed by atoms with Crippen LogP contribution in [0.15, 0.2) is 36.0 Å². The molecule has 1 rings (SSSR count). The second-order valence-electron chi connectivity index (χ2n) is 7.73. The molecule has 1 aromatic carbocycles. The molecule has 0 unspecified atom stereocenters. The van der Waals surface area contributed by atoms with Crippen LogP contribution < -0.4 is 68.8 Å². The Morgan fingerprint density at radius 1 is 1.03 bits per heavy atom. The summed E-state index contributed by atoms with van der Waals surface area (Å²) in [6.45, 7) is 2.94. The van der Waals surface area contributed by atoms with E-state index in [4.69, 9.17) is 9.47 Å². The number of ketones is 1. The first-order valence-corrected chi connectivity index (χ1v) is 11.5. The van der Waals surface area contributed by atoms with Crippen LogP contribution in [0.1, 0.15) is 51.6 Å². The number of allylic oxidation sites excluding steroid dienone is 2. The van der Waals surface area contributed by atoms with Crippen molar-refractivity contribution in [1.29, 1.82) is 0 Å². The van der Waals surface area contributed by atoms with Crippen LogP contribution in [0.4, 0.5) is 4.79 Å². The molecule has 0 aliphatic carbocycles. The van der Waals surface area contributed by atoms with Crippen LogP contribution in [-0.2, 0) is 36.8 Å². The second kappa shape index (κ2) is 21.9. The summed E-state index contributed by atoms with van der Waals surface area (Å²) in [7, 11) is 1.77. The van der Waals surface area contributed by atoms with Gasteiger partial charge < -0.3 is 35.0 Å². The molecule has 0 saturated heterocycles. The van der Waals surface area contributed by atoms with E-state index in [0.717, 1.165) is 42.4 Å². The van der Waals surface area contributed by atoms with Crippen LogP contribution in [0.25, 0.3) is 5.32 Å². The SMILES string of the molecule is CN/C(C)=C\C(=O)Cc1ccc(C[N-]C(=O)COCCCOC(=O)NCCCCCC=O)cc1.[HH].[Rb+]. The molecule has 9 nitrogen and oxygen atoms in total. The normalized spacial score (nSPS) is 10.6. The van der Waals surface area contributed by atoms with Crippen molar-refractivity contribution in [1.82, 2.24) is 10.6 Å². The summed E-state index contributed by atoms with van der Waals surface area (Å²) in [4.78, 5) is 45.5. The van der Waals surface area contributed by atoms with Crippen LogP contribution in [-0.4, -0.2) is 57.5 Å². The van der Waals surface area contributed by atoms with Crippen molar-refractivity contribution in [2.45, 2.75) is 52.0 Å². The number of aldehydes is 1. The first-order valence-electron chi connectivity index (χ1n) is 11.5. The quantitative estimate of drug-likeness (QED) is 0.152. The van der Waals surface area contributed by atoms with Gasteiger partial charge in [-0.15, -0.1) is 6.54 Å². The predicted molar refractivity (Wildman–Crippen MR) is 131 cm³/mol. The minimum Gasteiger partial charge on any atom is -0.648 e. The fourth-order valence-electron chi connectivity index (χ4n) is 2.81. The number of benzene rings is 1. The minimum absolute atomic E-state index is 0. The van der Waals surface area contributed by atoms with Gasteiger partial charge in [-0.05, 0) is 25.3 Å². The van der Waals surface area contributed by atoms with Gasteiger partial charge >= 0.3 is 64.3 Å². The Kier molecular flexibility index (Phi) is 21.0. The maximum atomic E-state index is 11.9. The van der Waals surface area contributed by atoms with E-state index in [9.17, 15) is 19.2 Å². The third-order valence-corrected chi connectivity index (χ3v) is 4.77. The molecule has 0 bridgehead atoms. The molecule has 0 atom stereocenters. The minimum atomic E-state index is -0.485. The van der Waals surface area contributed by atoms with Gasteiger partial charge in [-0.3, -0.25) is 4.79 Å². The molecule has 10 heteroatoms. The Labute approximate surface area is 258 Å². The Hall–Kier alpha value is -1.39. The zero-order valence-corrected chi connectivity index (χ0v) is 26.1. The van der Waals surface area contributed by atoms with Gasteiger partial charge in [0.05, 0.1) is 25.7 Å². The number of hydrogen-bond donors (Lipinski definition) is 2. The Balaban J connectivity index is 0. The third kappa shape index (κ3) is 18.5. The van der Waals surface area contributed by atoms with Crippen LogP contribution >= 0.6 is 0 Å². The fraction of sp³-hybridized carbons (Fsp3) is 0.520. The zero-order valence-electron chi connectivity index (χ0n) is 21.1. The largest absolute Gasteiger partial charge is 1.00 e. The van der Waals surface area contributed by atoms with Gasteiger partial charge in [0.15, 0.2) is 5.78 Å². The summed E-state index contributed by atoms with van der Waals surface area (Å²) in [6.07, 6.45) is 5.83. The van der Waals surface area contributed by atoms with E-state index in [-0.39, 0.29) is 97.7 Å². The number of alkyl carbamates (subject to hydrolysis) is 1. The van der Waals surface area contributed by atoms with Gasteiger partial charge in [-0.1, -0.05) is 36.2 Å². The molecule has 190 valence electrons. The molecule has 0 heterocycles. The molecule has 35 heavy (non-hydrogen) atoms. The Bertz CT molecular complexity index is 805. The maximum absolute atomic E-state index is 11.9. The molecule has 2 amide bonds. The number of nitrogens with one attached hydrogen (secondary N) is 2. The van der Waals surface area contributed by atoms with E-state index in [1.807, 2.05) is 31.2 Å². The molecule has 0 aliphatic rings. The summed E-state index contributed by atoms with van der Waals surface area (Å²) in [5, 5.41) is 9.54. The van der Waals surface area contributed by atoms with Crippen molar-refractivity contribution in [3.05, 3.63) is 52.5 Å². The van der Waals surface area contributed by atoms with Gasteiger partial charge in [0, 0.05) is 46.1 Å². The second-order valence-corrected chi connectivity index (χ2v) is 7.73. The average Bonchev–Trinajstić information content (AvgIpc) is 2.82. The van der Waals surface area contributed by atoms with Gasteiger partial charge in [0.1, 0.15) is 6.29 Å². The van der Waals surface area contributed by atoms with E-state index >= 15 is 0 Å². The average molecular weight is 562 g/mol. The first-order chi connectivity index (χ1) is 16.4. The molecule has 0 saturated carbocycles. The third-order valence-electron chi connectivity index (χ3n) is 4.77. The number of ether oxygens (including phenoxy) is 2. The Morgan fingerprint density at radius 3 is 2.43 bits per heavy atom. The first kappa shape index (κ1) is 33.6. The summed E-state index contributed by atoms with van der Waals surface area (Å²) < 4.78 is 10.3. The summed E-state index contributed by atoms with van der Waals surface area (Å²) in [5.41, 5.74) is 2.58. The maximum Gasteiger partial charge on any atom is 1.00 e. The van der Waals surface area contributed by atoms with E-state index < -0.39 is 6.09 Å². The number of nitrogens with zero attached hydrogens (tertiary/aromatic N) is 1. The summed E-state index contributed by atoms with van der Waals surface area (Å²) >= 11 is 0. The number of unbranched alkanes of at least 4 members (excludes halogenated alkanes) is 3. The molecular formula is C25H38N3O6Rb. The zero-order chi connectivity index (χ0) is 25.0. The number of carbonyl (C=O) groups excluding carboxylic acids is 4. The van der Waals surface area contributed by atoms with Crippen LogP contribution in [0, 0.1) is 0 Å². The van der Waals surface area contributed by atoms with E-state index in [0.29, 0.717) is 25.8 Å². The van der Waals surface area contributed by atoms with E-state index in [1.165, 1.54) is 0 Å². The standard InChI is InChI=1S/C25H37N3O6.Rb.H2/c1-20(26-2)16-23(30)17-21-8-10-22(11-9-21)18-28-24(31)19-33-14-7-15-34-25(32)27-12-5-3-4-6-13-29;;/h8-11,13,16H,3-7,12,14-15,17-19H2,1-2H3,(H3,26,27,28,30,31,32);;1H/q;+1;/p-1. The fourth-order valence-corrected chi connectivity index (χ4v) is 2.81. The molecule has 0 fully saturated rings. The van der Waals surface area contributed by atoms with Gasteiger partial charge in [0.25, 0.3) is 0 Å². The smallest absolute Gasteiger partial charge is 0.648 e. The van der Waals surface area contributed by atoms with Crippen LogP contribution in [0.3, 0.4) is 0 Å². The molecule has 0 spiro atoms.